The summed E-state index contributed by atoms with van der Waals surface area (Å²) in [6.45, 7) is 1.86. The van der Waals surface area contributed by atoms with Crippen LogP contribution in [0.15, 0.2) is 0 Å². The van der Waals surface area contributed by atoms with E-state index in [-0.39, 0.29) is 12.5 Å². The van der Waals surface area contributed by atoms with Gasteiger partial charge >= 0.3 is 0 Å². The standard InChI is InChI=1S/C8H13N3O/c9-7-10-6-8(12)11-4-2-1-3-5-11/h10H,1-6H2. The zero-order valence-corrected chi connectivity index (χ0v) is 7.05. The molecule has 4 heteroatoms. The highest BCUT2D eigenvalue weighted by atomic mass is 16.2. The lowest BCUT2D eigenvalue weighted by atomic mass is 10.1. The molecule has 12 heavy (non-hydrogen) atoms. The molecule has 0 aliphatic carbocycles. The number of piperidine rings is 1. The van der Waals surface area contributed by atoms with Gasteiger partial charge in [-0.15, -0.1) is 0 Å². The average molecular weight is 167 g/mol. The van der Waals surface area contributed by atoms with Crippen LogP contribution < -0.4 is 5.32 Å². The molecule has 1 aliphatic heterocycles. The third kappa shape index (κ3) is 2.42. The third-order valence-corrected chi connectivity index (χ3v) is 2.03. The van der Waals surface area contributed by atoms with E-state index in [1.54, 1.807) is 6.19 Å². The predicted molar refractivity (Wildman–Crippen MR) is 44.0 cm³/mol. The first kappa shape index (κ1) is 8.85. The van der Waals surface area contributed by atoms with E-state index in [0.29, 0.717) is 0 Å². The fourth-order valence-electron chi connectivity index (χ4n) is 1.37. The number of hydrogen-bond acceptors (Lipinski definition) is 3. The van der Waals surface area contributed by atoms with E-state index in [1.807, 2.05) is 4.90 Å². The van der Waals surface area contributed by atoms with Gasteiger partial charge in [0.15, 0.2) is 6.19 Å². The van der Waals surface area contributed by atoms with Crippen molar-refractivity contribution >= 4 is 5.91 Å². The van der Waals surface area contributed by atoms with E-state index in [1.165, 1.54) is 6.42 Å². The van der Waals surface area contributed by atoms with Gasteiger partial charge in [-0.1, -0.05) is 0 Å². The Balaban J connectivity index is 2.26. The van der Waals surface area contributed by atoms with Gasteiger partial charge in [-0.2, -0.15) is 5.26 Å². The summed E-state index contributed by atoms with van der Waals surface area (Å²) in [5.41, 5.74) is 0. The predicted octanol–water partition coefficient (Wildman–Crippen LogP) is 0.0696. The topological polar surface area (TPSA) is 56.1 Å². The number of amides is 1. The minimum atomic E-state index is 0.0382. The molecule has 1 N–H and O–H groups in total. The average Bonchev–Trinajstić information content (AvgIpc) is 2.15. The lowest BCUT2D eigenvalue weighted by molar-refractivity contribution is -0.130. The lowest BCUT2D eigenvalue weighted by Gasteiger charge is -2.26. The number of likely N-dealkylation sites (tertiary alicyclic amines) is 1. The smallest absolute Gasteiger partial charge is 0.242 e. The Morgan fingerprint density at radius 2 is 2.08 bits per heavy atom. The number of carbonyl (C=O) groups excluding carboxylic acids is 1. The van der Waals surface area contributed by atoms with Gasteiger partial charge < -0.3 is 10.2 Å². The fraction of sp³-hybridized carbons (Fsp3) is 0.750. The number of nitriles is 1. The number of nitrogens with one attached hydrogen (secondary N) is 1. The summed E-state index contributed by atoms with van der Waals surface area (Å²) < 4.78 is 0. The van der Waals surface area contributed by atoms with E-state index in [2.05, 4.69) is 5.32 Å². The van der Waals surface area contributed by atoms with Crippen LogP contribution in [0.25, 0.3) is 0 Å². The molecular formula is C8H13N3O. The number of rotatable bonds is 2. The quantitative estimate of drug-likeness (QED) is 0.467. The third-order valence-electron chi connectivity index (χ3n) is 2.03. The molecule has 0 aromatic rings. The van der Waals surface area contributed by atoms with Crippen molar-refractivity contribution in [3.05, 3.63) is 0 Å². The summed E-state index contributed by atoms with van der Waals surface area (Å²) in [7, 11) is 0. The van der Waals surface area contributed by atoms with Crippen LogP contribution >= 0.6 is 0 Å². The second-order valence-electron chi connectivity index (χ2n) is 2.91. The monoisotopic (exact) mass is 167 g/mol. The van der Waals surface area contributed by atoms with Gasteiger partial charge in [0.25, 0.3) is 0 Å². The highest BCUT2D eigenvalue weighted by Gasteiger charge is 2.15. The second kappa shape index (κ2) is 4.60. The van der Waals surface area contributed by atoms with Crippen molar-refractivity contribution < 1.29 is 4.79 Å². The molecule has 0 radical (unpaired) electrons. The van der Waals surface area contributed by atoms with Gasteiger partial charge in [-0.25, -0.2) is 0 Å². The van der Waals surface area contributed by atoms with Crippen LogP contribution in [0.2, 0.25) is 0 Å². The van der Waals surface area contributed by atoms with E-state index in [0.717, 1.165) is 25.9 Å². The first-order valence-electron chi connectivity index (χ1n) is 4.24. The normalized spacial score (nSPS) is 16.8. The number of hydrogen-bond donors (Lipinski definition) is 1. The Morgan fingerprint density at radius 1 is 1.42 bits per heavy atom. The highest BCUT2D eigenvalue weighted by molar-refractivity contribution is 5.78. The molecule has 0 atom stereocenters. The van der Waals surface area contributed by atoms with E-state index >= 15 is 0 Å². The van der Waals surface area contributed by atoms with Gasteiger partial charge in [0, 0.05) is 13.1 Å². The first-order valence-corrected chi connectivity index (χ1v) is 4.24. The van der Waals surface area contributed by atoms with Crippen LogP contribution in [0.4, 0.5) is 0 Å². The van der Waals surface area contributed by atoms with Crippen molar-refractivity contribution in [1.29, 1.82) is 5.26 Å². The maximum atomic E-state index is 11.3. The van der Waals surface area contributed by atoms with Crippen LogP contribution in [-0.4, -0.2) is 30.4 Å². The summed E-state index contributed by atoms with van der Waals surface area (Å²) in [5, 5.41) is 10.5. The van der Waals surface area contributed by atoms with E-state index < -0.39 is 0 Å². The molecule has 66 valence electrons. The zero-order valence-electron chi connectivity index (χ0n) is 7.05. The van der Waals surface area contributed by atoms with E-state index in [4.69, 9.17) is 5.26 Å². The Labute approximate surface area is 72.2 Å². The molecule has 0 aromatic carbocycles. The molecule has 1 saturated heterocycles. The van der Waals surface area contributed by atoms with Gasteiger partial charge in [0.1, 0.15) is 6.54 Å². The zero-order chi connectivity index (χ0) is 8.81. The van der Waals surface area contributed by atoms with Gasteiger partial charge in [0.05, 0.1) is 0 Å². The van der Waals surface area contributed by atoms with Crippen LogP contribution in [-0.2, 0) is 4.79 Å². The molecule has 0 aromatic heterocycles. The molecular weight excluding hydrogens is 154 g/mol. The molecule has 1 fully saturated rings. The molecule has 0 saturated carbocycles. The molecule has 1 aliphatic rings. The van der Waals surface area contributed by atoms with Gasteiger partial charge in [-0.3, -0.25) is 4.79 Å². The first-order chi connectivity index (χ1) is 5.84. The Hall–Kier alpha value is -1.24. The van der Waals surface area contributed by atoms with Crippen LogP contribution in [0.5, 0.6) is 0 Å². The fourth-order valence-corrected chi connectivity index (χ4v) is 1.37. The summed E-state index contributed by atoms with van der Waals surface area (Å²) in [6, 6.07) is 0. The minimum Gasteiger partial charge on any atom is -0.341 e. The summed E-state index contributed by atoms with van der Waals surface area (Å²) in [5.74, 6) is 0.0382. The van der Waals surface area contributed by atoms with Gasteiger partial charge in [-0.05, 0) is 19.3 Å². The molecule has 0 bridgehead atoms. The highest BCUT2D eigenvalue weighted by Crippen LogP contribution is 2.07. The van der Waals surface area contributed by atoms with Crippen molar-refractivity contribution in [2.24, 2.45) is 0 Å². The van der Waals surface area contributed by atoms with Crippen molar-refractivity contribution in [1.82, 2.24) is 10.2 Å². The summed E-state index contributed by atoms with van der Waals surface area (Å²) in [6.07, 6.45) is 5.15. The molecule has 0 unspecified atom stereocenters. The van der Waals surface area contributed by atoms with Crippen LogP contribution in [0, 0.1) is 11.5 Å². The van der Waals surface area contributed by atoms with Crippen molar-refractivity contribution in [2.75, 3.05) is 19.6 Å². The largest absolute Gasteiger partial charge is 0.341 e. The van der Waals surface area contributed by atoms with Crippen LogP contribution in [0.1, 0.15) is 19.3 Å². The number of carbonyl (C=O) groups is 1. The number of nitrogens with zero attached hydrogens (tertiary/aromatic N) is 2. The van der Waals surface area contributed by atoms with Gasteiger partial charge in [0.2, 0.25) is 5.91 Å². The molecule has 4 nitrogen and oxygen atoms in total. The van der Waals surface area contributed by atoms with Crippen molar-refractivity contribution in [3.63, 3.8) is 0 Å². The Bertz CT molecular complexity index is 191. The second-order valence-corrected chi connectivity index (χ2v) is 2.91. The molecule has 0 spiro atoms. The minimum absolute atomic E-state index is 0.0382. The molecule has 1 rings (SSSR count). The Morgan fingerprint density at radius 3 is 2.67 bits per heavy atom. The van der Waals surface area contributed by atoms with Crippen LogP contribution in [0.3, 0.4) is 0 Å². The van der Waals surface area contributed by atoms with Crippen molar-refractivity contribution in [2.45, 2.75) is 19.3 Å². The summed E-state index contributed by atoms with van der Waals surface area (Å²) >= 11 is 0. The molecule has 1 heterocycles. The summed E-state index contributed by atoms with van der Waals surface area (Å²) in [4.78, 5) is 13.1. The van der Waals surface area contributed by atoms with E-state index in [9.17, 15) is 4.79 Å². The van der Waals surface area contributed by atoms with Crippen molar-refractivity contribution in [3.8, 4) is 6.19 Å². The Kier molecular flexibility index (Phi) is 3.39. The maximum absolute atomic E-state index is 11.3. The maximum Gasteiger partial charge on any atom is 0.242 e. The lowest BCUT2D eigenvalue weighted by Crippen LogP contribution is -2.40. The molecule has 1 amide bonds. The SMILES string of the molecule is N#CNCC(=O)N1CCCCC1.